The van der Waals surface area contributed by atoms with Crippen LogP contribution in [-0.4, -0.2) is 89.3 Å². The van der Waals surface area contributed by atoms with E-state index in [0.29, 0.717) is 18.2 Å². The Morgan fingerprint density at radius 3 is 2.72 bits per heavy atom. The van der Waals surface area contributed by atoms with Gasteiger partial charge in [0.2, 0.25) is 0 Å². The van der Waals surface area contributed by atoms with Crippen molar-refractivity contribution in [3.05, 3.63) is 17.5 Å². The van der Waals surface area contributed by atoms with Gasteiger partial charge in [-0.25, -0.2) is 4.79 Å². The van der Waals surface area contributed by atoms with Crippen LogP contribution in [0.4, 0.5) is 0 Å². The number of aromatic amines is 1. The topological polar surface area (TPSA) is 64.7 Å². The van der Waals surface area contributed by atoms with E-state index in [4.69, 9.17) is 4.74 Å². The second kappa shape index (κ2) is 12.1. The Morgan fingerprint density at radius 2 is 1.94 bits per heavy atom. The van der Waals surface area contributed by atoms with Gasteiger partial charge in [0.15, 0.2) is 0 Å². The highest BCUT2D eigenvalue weighted by Gasteiger charge is 2.29. The molecule has 1 aliphatic carbocycles. The number of carbonyl (C=O) groups is 1. The molecule has 180 valence electrons. The number of hydrogen-bond acceptors (Lipinski definition) is 6. The molecule has 0 bridgehead atoms. The monoisotopic (exact) mass is 445 g/mol. The van der Waals surface area contributed by atoms with Gasteiger partial charge in [-0.15, -0.1) is 0 Å². The van der Waals surface area contributed by atoms with Gasteiger partial charge < -0.3 is 14.5 Å². The van der Waals surface area contributed by atoms with E-state index in [1.165, 1.54) is 84.0 Å². The summed E-state index contributed by atoms with van der Waals surface area (Å²) in [4.78, 5) is 20.3. The normalized spacial score (nSPS) is 23.8. The van der Waals surface area contributed by atoms with Crippen LogP contribution in [0.2, 0.25) is 0 Å². The number of ether oxygens (including phenoxy) is 1. The molecular weight excluding hydrogens is 402 g/mol. The van der Waals surface area contributed by atoms with Crippen molar-refractivity contribution in [2.24, 2.45) is 5.92 Å². The van der Waals surface area contributed by atoms with Crippen molar-refractivity contribution in [2.75, 3.05) is 52.4 Å². The Kier molecular flexibility index (Phi) is 9.00. The lowest BCUT2D eigenvalue weighted by atomic mass is 9.95. The van der Waals surface area contributed by atoms with Gasteiger partial charge in [-0.2, -0.15) is 5.10 Å². The molecule has 0 radical (unpaired) electrons. The number of rotatable bonds is 10. The minimum Gasteiger partial charge on any atom is -0.461 e. The average molecular weight is 446 g/mol. The first-order valence-corrected chi connectivity index (χ1v) is 13.1. The molecule has 1 atom stereocenters. The highest BCUT2D eigenvalue weighted by Crippen LogP contribution is 2.28. The van der Waals surface area contributed by atoms with E-state index in [0.717, 1.165) is 37.8 Å². The summed E-state index contributed by atoms with van der Waals surface area (Å²) >= 11 is 0. The summed E-state index contributed by atoms with van der Waals surface area (Å²) in [6.45, 7) is 11.2. The van der Waals surface area contributed by atoms with Crippen LogP contribution < -0.4 is 0 Å². The van der Waals surface area contributed by atoms with Gasteiger partial charge >= 0.3 is 5.97 Å². The zero-order chi connectivity index (χ0) is 22.2. The number of H-pyrrole nitrogens is 1. The summed E-state index contributed by atoms with van der Waals surface area (Å²) < 4.78 is 5.24. The second-order valence-corrected chi connectivity index (χ2v) is 10.1. The number of nitrogens with one attached hydrogen (secondary N) is 1. The molecule has 0 aromatic carbocycles. The highest BCUT2D eigenvalue weighted by atomic mass is 16.5. The smallest absolute Gasteiger partial charge is 0.356 e. The molecule has 1 saturated carbocycles. The van der Waals surface area contributed by atoms with Crippen LogP contribution in [0.1, 0.15) is 80.8 Å². The lowest BCUT2D eigenvalue weighted by Crippen LogP contribution is -2.46. The van der Waals surface area contributed by atoms with Gasteiger partial charge in [0, 0.05) is 44.3 Å². The fraction of sp³-hybridized carbons (Fsp3) is 0.840. The third kappa shape index (κ3) is 6.55. The Balaban J connectivity index is 1.39. The van der Waals surface area contributed by atoms with Crippen molar-refractivity contribution in [3.63, 3.8) is 0 Å². The van der Waals surface area contributed by atoms with Crippen LogP contribution in [0.3, 0.4) is 0 Å². The minimum atomic E-state index is -0.291. The van der Waals surface area contributed by atoms with Crippen molar-refractivity contribution in [1.82, 2.24) is 24.9 Å². The molecule has 1 unspecified atom stereocenters. The van der Waals surface area contributed by atoms with E-state index < -0.39 is 0 Å². The van der Waals surface area contributed by atoms with Crippen LogP contribution in [0.15, 0.2) is 6.20 Å². The molecule has 2 saturated heterocycles. The lowest BCUT2D eigenvalue weighted by Gasteiger charge is -2.39. The van der Waals surface area contributed by atoms with E-state index in [-0.39, 0.29) is 5.97 Å². The first-order valence-electron chi connectivity index (χ1n) is 13.1. The van der Waals surface area contributed by atoms with Gasteiger partial charge in [0.25, 0.3) is 0 Å². The van der Waals surface area contributed by atoms with Gasteiger partial charge in [0.1, 0.15) is 5.69 Å². The van der Waals surface area contributed by atoms with E-state index >= 15 is 0 Å². The quantitative estimate of drug-likeness (QED) is 0.556. The summed E-state index contributed by atoms with van der Waals surface area (Å²) in [6.07, 6.45) is 14.1. The molecule has 7 heteroatoms. The number of nitrogens with zero attached hydrogens (tertiary/aromatic N) is 4. The van der Waals surface area contributed by atoms with Crippen LogP contribution in [-0.2, 0) is 11.3 Å². The molecule has 1 N–H and O–H groups in total. The van der Waals surface area contributed by atoms with Gasteiger partial charge in [0.05, 0.1) is 12.8 Å². The second-order valence-electron chi connectivity index (χ2n) is 10.1. The molecule has 0 spiro atoms. The van der Waals surface area contributed by atoms with Crippen LogP contribution in [0, 0.1) is 5.92 Å². The summed E-state index contributed by atoms with van der Waals surface area (Å²) in [5.74, 6) is 0.421. The number of likely N-dealkylation sites (tertiary alicyclic amines) is 2. The van der Waals surface area contributed by atoms with Crippen LogP contribution in [0.5, 0.6) is 0 Å². The number of hydrogen-bond donors (Lipinski definition) is 1. The maximum atomic E-state index is 12.4. The molecule has 7 nitrogen and oxygen atoms in total. The molecule has 4 rings (SSSR count). The Labute approximate surface area is 193 Å². The SMILES string of the molecule is CCOC(=O)c1[nH]ncc1CN(CCN1CCCCC1)CC1CCCN(C2CCCC2)C1. The number of esters is 1. The van der Waals surface area contributed by atoms with Crippen molar-refractivity contribution in [3.8, 4) is 0 Å². The minimum absolute atomic E-state index is 0.291. The Morgan fingerprint density at radius 1 is 1.12 bits per heavy atom. The van der Waals surface area contributed by atoms with Crippen molar-refractivity contribution in [1.29, 1.82) is 0 Å². The molecule has 0 amide bonds. The molecular formula is C25H43N5O2. The highest BCUT2D eigenvalue weighted by molar-refractivity contribution is 5.88. The summed E-state index contributed by atoms with van der Waals surface area (Å²) in [5.41, 5.74) is 1.48. The fourth-order valence-electron chi connectivity index (χ4n) is 5.97. The first kappa shape index (κ1) is 23.7. The predicted molar refractivity (Wildman–Crippen MR) is 127 cm³/mol. The molecule has 3 aliphatic rings. The van der Waals surface area contributed by atoms with E-state index in [2.05, 4.69) is 24.9 Å². The summed E-state index contributed by atoms with van der Waals surface area (Å²) in [6, 6.07) is 0.823. The third-order valence-corrected chi connectivity index (χ3v) is 7.68. The largest absolute Gasteiger partial charge is 0.461 e. The Bertz CT molecular complexity index is 696. The molecule has 1 aromatic rings. The van der Waals surface area contributed by atoms with E-state index in [9.17, 15) is 4.79 Å². The molecule has 2 aliphatic heterocycles. The molecule has 3 fully saturated rings. The first-order chi connectivity index (χ1) is 15.7. The van der Waals surface area contributed by atoms with E-state index in [1.807, 2.05) is 13.1 Å². The summed E-state index contributed by atoms with van der Waals surface area (Å²) in [5, 5.41) is 7.05. The van der Waals surface area contributed by atoms with Gasteiger partial charge in [-0.3, -0.25) is 10.00 Å². The number of carbonyl (C=O) groups excluding carboxylic acids is 1. The van der Waals surface area contributed by atoms with Gasteiger partial charge in [-0.1, -0.05) is 19.3 Å². The zero-order valence-corrected chi connectivity index (χ0v) is 20.1. The van der Waals surface area contributed by atoms with Gasteiger partial charge in [-0.05, 0) is 71.0 Å². The van der Waals surface area contributed by atoms with Crippen molar-refractivity contribution < 1.29 is 9.53 Å². The third-order valence-electron chi connectivity index (χ3n) is 7.68. The number of piperidine rings is 2. The average Bonchev–Trinajstić information content (AvgIpc) is 3.51. The van der Waals surface area contributed by atoms with Crippen LogP contribution in [0.25, 0.3) is 0 Å². The number of aromatic nitrogens is 2. The maximum Gasteiger partial charge on any atom is 0.356 e. The van der Waals surface area contributed by atoms with Crippen molar-refractivity contribution in [2.45, 2.75) is 77.3 Å². The molecule has 32 heavy (non-hydrogen) atoms. The Hall–Kier alpha value is -1.44. The van der Waals surface area contributed by atoms with Crippen LogP contribution >= 0.6 is 0 Å². The maximum absolute atomic E-state index is 12.4. The molecule has 1 aromatic heterocycles. The van der Waals surface area contributed by atoms with Crippen molar-refractivity contribution >= 4 is 5.97 Å². The lowest BCUT2D eigenvalue weighted by molar-refractivity contribution is 0.0515. The molecule has 3 heterocycles. The van der Waals surface area contributed by atoms with E-state index in [1.54, 1.807) is 0 Å². The predicted octanol–water partition coefficient (Wildman–Crippen LogP) is 3.53. The summed E-state index contributed by atoms with van der Waals surface area (Å²) in [7, 11) is 0. The standard InChI is InChI=1S/C25H43N5O2/c1-2-32-25(31)24-22(17-26-27-24)20-29(16-15-28-12-6-3-7-13-28)18-21-9-8-14-30(19-21)23-10-4-5-11-23/h17,21,23H,2-16,18-20H2,1H3,(H,26,27). The zero-order valence-electron chi connectivity index (χ0n) is 20.1. The fourth-order valence-corrected chi connectivity index (χ4v) is 5.97.